The van der Waals surface area contributed by atoms with Crippen molar-refractivity contribution in [1.29, 1.82) is 0 Å². The summed E-state index contributed by atoms with van der Waals surface area (Å²) in [5.41, 5.74) is 1.30. The maximum atomic E-state index is 11.6. The second-order valence-corrected chi connectivity index (χ2v) is 8.44. The van der Waals surface area contributed by atoms with E-state index in [1.807, 2.05) is 6.07 Å². The predicted molar refractivity (Wildman–Crippen MR) is 129 cm³/mol. The van der Waals surface area contributed by atoms with E-state index in [-0.39, 0.29) is 13.2 Å². The SMILES string of the molecule is CCCCCCCCCCCCCCN(CCNC(=O)OCCO)Cc1ccccc1. The number of amides is 1. The van der Waals surface area contributed by atoms with Gasteiger partial charge in [0, 0.05) is 19.6 Å². The number of benzene rings is 1. The van der Waals surface area contributed by atoms with Crippen molar-refractivity contribution in [3.05, 3.63) is 35.9 Å². The number of unbranched alkanes of at least 4 members (excludes halogenated alkanes) is 11. The number of carbonyl (C=O) groups is 1. The molecule has 0 unspecified atom stereocenters. The molecule has 1 rings (SSSR count). The second kappa shape index (κ2) is 20.3. The number of rotatable bonds is 20. The van der Waals surface area contributed by atoms with Gasteiger partial charge in [0.05, 0.1) is 6.61 Å². The fourth-order valence-corrected chi connectivity index (χ4v) is 3.79. The van der Waals surface area contributed by atoms with E-state index in [2.05, 4.69) is 41.4 Å². The zero-order valence-electron chi connectivity index (χ0n) is 19.8. The molecule has 0 heterocycles. The molecule has 0 aliphatic heterocycles. The summed E-state index contributed by atoms with van der Waals surface area (Å²) in [5.74, 6) is 0. The molecule has 1 aromatic carbocycles. The van der Waals surface area contributed by atoms with Gasteiger partial charge >= 0.3 is 6.09 Å². The Morgan fingerprint density at radius 3 is 2.03 bits per heavy atom. The highest BCUT2D eigenvalue weighted by molar-refractivity contribution is 5.67. The molecule has 1 amide bonds. The highest BCUT2D eigenvalue weighted by Crippen LogP contribution is 2.12. The molecule has 0 radical (unpaired) electrons. The summed E-state index contributed by atoms with van der Waals surface area (Å²) in [7, 11) is 0. The third-order valence-corrected chi connectivity index (χ3v) is 5.60. The van der Waals surface area contributed by atoms with E-state index >= 15 is 0 Å². The zero-order chi connectivity index (χ0) is 22.4. The van der Waals surface area contributed by atoms with E-state index in [1.54, 1.807) is 0 Å². The number of alkyl carbamates (subject to hydrolysis) is 1. The highest BCUT2D eigenvalue weighted by atomic mass is 16.6. The van der Waals surface area contributed by atoms with Gasteiger partial charge in [-0.15, -0.1) is 0 Å². The van der Waals surface area contributed by atoms with Crippen molar-refractivity contribution in [2.75, 3.05) is 32.8 Å². The van der Waals surface area contributed by atoms with E-state index in [0.717, 1.165) is 19.6 Å². The first kappa shape index (κ1) is 27.4. The van der Waals surface area contributed by atoms with E-state index in [0.29, 0.717) is 6.54 Å². The van der Waals surface area contributed by atoms with Crippen molar-refractivity contribution in [3.8, 4) is 0 Å². The number of hydrogen-bond donors (Lipinski definition) is 2. The van der Waals surface area contributed by atoms with Crippen LogP contribution in [-0.2, 0) is 11.3 Å². The Morgan fingerprint density at radius 1 is 0.871 bits per heavy atom. The molecule has 1 aromatic rings. The first-order valence-electron chi connectivity index (χ1n) is 12.5. The molecule has 0 spiro atoms. The molecular weight excluding hydrogens is 388 g/mol. The molecule has 0 saturated heterocycles. The lowest BCUT2D eigenvalue weighted by Crippen LogP contribution is -2.35. The van der Waals surface area contributed by atoms with E-state index in [9.17, 15) is 4.79 Å². The normalized spacial score (nSPS) is 11.1. The van der Waals surface area contributed by atoms with Crippen molar-refractivity contribution in [3.63, 3.8) is 0 Å². The van der Waals surface area contributed by atoms with Gasteiger partial charge < -0.3 is 15.2 Å². The molecule has 178 valence electrons. The van der Waals surface area contributed by atoms with Crippen LogP contribution in [0.2, 0.25) is 0 Å². The van der Waals surface area contributed by atoms with Crippen molar-refractivity contribution < 1.29 is 14.6 Å². The smallest absolute Gasteiger partial charge is 0.407 e. The zero-order valence-corrected chi connectivity index (χ0v) is 19.8. The number of nitrogens with one attached hydrogen (secondary N) is 1. The van der Waals surface area contributed by atoms with Crippen LogP contribution in [0.5, 0.6) is 0 Å². The van der Waals surface area contributed by atoms with Gasteiger partial charge in [-0.05, 0) is 18.5 Å². The first-order valence-corrected chi connectivity index (χ1v) is 12.5. The second-order valence-electron chi connectivity index (χ2n) is 8.44. The number of hydrogen-bond acceptors (Lipinski definition) is 4. The molecule has 0 fully saturated rings. The van der Waals surface area contributed by atoms with Crippen molar-refractivity contribution in [2.45, 2.75) is 90.5 Å². The van der Waals surface area contributed by atoms with Crippen molar-refractivity contribution in [2.24, 2.45) is 0 Å². The number of aliphatic hydroxyl groups excluding tert-OH is 1. The van der Waals surface area contributed by atoms with Crippen LogP contribution in [0, 0.1) is 0 Å². The molecule has 5 nitrogen and oxygen atoms in total. The van der Waals surface area contributed by atoms with Gasteiger partial charge in [-0.2, -0.15) is 0 Å². The Hall–Kier alpha value is -1.59. The number of carbonyl (C=O) groups excluding carboxylic acids is 1. The van der Waals surface area contributed by atoms with Crippen LogP contribution in [-0.4, -0.2) is 48.9 Å². The van der Waals surface area contributed by atoms with E-state index in [4.69, 9.17) is 9.84 Å². The maximum Gasteiger partial charge on any atom is 0.407 e. The molecule has 31 heavy (non-hydrogen) atoms. The standard InChI is InChI=1S/C26H46N2O3/c1-2-3-4-5-6-7-8-9-10-11-12-16-20-28(24-25-17-14-13-15-18-25)21-19-27-26(30)31-23-22-29/h13-15,17-18,29H,2-12,16,19-24H2,1H3,(H,27,30). The first-order chi connectivity index (χ1) is 15.3. The fraction of sp³-hybridized carbons (Fsp3) is 0.731. The topological polar surface area (TPSA) is 61.8 Å². The van der Waals surface area contributed by atoms with Gasteiger partial charge in [0.25, 0.3) is 0 Å². The minimum absolute atomic E-state index is 0.0401. The summed E-state index contributed by atoms with van der Waals surface area (Å²) >= 11 is 0. The van der Waals surface area contributed by atoms with Gasteiger partial charge in [-0.3, -0.25) is 4.90 Å². The Balaban J connectivity index is 2.15. The molecule has 0 aromatic heterocycles. The molecule has 0 saturated carbocycles. The Labute approximate surface area is 190 Å². The number of aliphatic hydroxyl groups is 1. The average Bonchev–Trinajstić information content (AvgIpc) is 2.79. The lowest BCUT2D eigenvalue weighted by molar-refractivity contribution is 0.118. The fourth-order valence-electron chi connectivity index (χ4n) is 3.79. The van der Waals surface area contributed by atoms with Crippen LogP contribution in [0.4, 0.5) is 4.79 Å². The van der Waals surface area contributed by atoms with Crippen LogP contribution >= 0.6 is 0 Å². The Bertz CT molecular complexity index is 525. The van der Waals surface area contributed by atoms with Gasteiger partial charge in [0.15, 0.2) is 0 Å². The molecule has 2 N–H and O–H groups in total. The molecule has 0 atom stereocenters. The molecular formula is C26H46N2O3. The van der Waals surface area contributed by atoms with E-state index in [1.165, 1.54) is 82.6 Å². The van der Waals surface area contributed by atoms with Crippen molar-refractivity contribution in [1.82, 2.24) is 10.2 Å². The molecule has 0 bridgehead atoms. The van der Waals surface area contributed by atoms with Crippen LogP contribution in [0.3, 0.4) is 0 Å². The number of ether oxygens (including phenoxy) is 1. The van der Waals surface area contributed by atoms with Crippen LogP contribution in [0.25, 0.3) is 0 Å². The Kier molecular flexibility index (Phi) is 18.0. The lowest BCUT2D eigenvalue weighted by Gasteiger charge is -2.22. The van der Waals surface area contributed by atoms with Crippen LogP contribution in [0.15, 0.2) is 30.3 Å². The molecule has 0 aliphatic carbocycles. The quantitative estimate of drug-likeness (QED) is 0.251. The summed E-state index contributed by atoms with van der Waals surface area (Å²) < 4.78 is 4.85. The third kappa shape index (κ3) is 16.7. The van der Waals surface area contributed by atoms with E-state index < -0.39 is 6.09 Å². The largest absolute Gasteiger partial charge is 0.447 e. The minimum atomic E-state index is -0.459. The summed E-state index contributed by atoms with van der Waals surface area (Å²) in [6.07, 6.45) is 15.8. The predicted octanol–water partition coefficient (Wildman–Crippen LogP) is 5.91. The van der Waals surface area contributed by atoms with Crippen LogP contribution < -0.4 is 5.32 Å². The van der Waals surface area contributed by atoms with Gasteiger partial charge in [0.2, 0.25) is 0 Å². The van der Waals surface area contributed by atoms with Gasteiger partial charge in [-0.1, -0.05) is 108 Å². The Morgan fingerprint density at radius 2 is 1.45 bits per heavy atom. The molecule has 0 aliphatic rings. The van der Waals surface area contributed by atoms with Gasteiger partial charge in [0.1, 0.15) is 6.61 Å². The lowest BCUT2D eigenvalue weighted by atomic mass is 10.1. The summed E-state index contributed by atoms with van der Waals surface area (Å²) in [4.78, 5) is 14.0. The maximum absolute atomic E-state index is 11.6. The molecule has 5 heteroatoms. The van der Waals surface area contributed by atoms with Gasteiger partial charge in [-0.25, -0.2) is 4.79 Å². The minimum Gasteiger partial charge on any atom is -0.447 e. The monoisotopic (exact) mass is 434 g/mol. The van der Waals surface area contributed by atoms with Crippen molar-refractivity contribution >= 4 is 6.09 Å². The summed E-state index contributed by atoms with van der Waals surface area (Å²) in [5, 5.41) is 11.5. The average molecular weight is 435 g/mol. The number of nitrogens with zero attached hydrogens (tertiary/aromatic N) is 1. The van der Waals surface area contributed by atoms with Crippen LogP contribution in [0.1, 0.15) is 89.5 Å². The highest BCUT2D eigenvalue weighted by Gasteiger charge is 2.08. The third-order valence-electron chi connectivity index (χ3n) is 5.60. The summed E-state index contributed by atoms with van der Waals surface area (Å²) in [6.45, 7) is 5.45. The summed E-state index contributed by atoms with van der Waals surface area (Å²) in [6, 6.07) is 10.5.